The minimum atomic E-state index is -0.481. The molecule has 1 aliphatic rings. The fourth-order valence-corrected chi connectivity index (χ4v) is 4.53. The van der Waals surface area contributed by atoms with Crippen molar-refractivity contribution in [3.63, 3.8) is 0 Å². The predicted molar refractivity (Wildman–Crippen MR) is 119 cm³/mol. The second kappa shape index (κ2) is 11.1. The van der Waals surface area contributed by atoms with E-state index in [1.807, 2.05) is 55.5 Å². The van der Waals surface area contributed by atoms with Crippen LogP contribution < -0.4 is 5.32 Å². The second-order valence-electron chi connectivity index (χ2n) is 7.58. The fourth-order valence-electron chi connectivity index (χ4n) is 3.67. The van der Waals surface area contributed by atoms with E-state index >= 15 is 0 Å². The second-order valence-corrected chi connectivity index (χ2v) is 8.75. The van der Waals surface area contributed by atoms with E-state index in [9.17, 15) is 9.59 Å². The van der Waals surface area contributed by atoms with Crippen LogP contribution in [-0.2, 0) is 16.1 Å². The molecule has 2 aromatic rings. The number of benzene rings is 2. The van der Waals surface area contributed by atoms with Crippen molar-refractivity contribution in [3.8, 4) is 0 Å². The molecule has 3 rings (SSSR count). The monoisotopic (exact) mass is 410 g/mol. The van der Waals surface area contributed by atoms with Crippen LogP contribution >= 0.6 is 11.8 Å². The molecule has 1 aliphatic carbocycles. The summed E-state index contributed by atoms with van der Waals surface area (Å²) in [5, 5.41) is 3.14. The van der Waals surface area contributed by atoms with Gasteiger partial charge in [0.05, 0.1) is 0 Å². The molecule has 1 N–H and O–H groups in total. The van der Waals surface area contributed by atoms with Gasteiger partial charge in [-0.3, -0.25) is 9.59 Å². The van der Waals surface area contributed by atoms with Crippen molar-refractivity contribution >= 4 is 23.6 Å². The van der Waals surface area contributed by atoms with Gasteiger partial charge in [0.15, 0.2) is 0 Å². The summed E-state index contributed by atoms with van der Waals surface area (Å²) in [6.45, 7) is 2.30. The highest BCUT2D eigenvalue weighted by Crippen LogP contribution is 2.20. The van der Waals surface area contributed by atoms with Crippen LogP contribution in [0.1, 0.15) is 44.6 Å². The average Bonchev–Trinajstić information content (AvgIpc) is 3.26. The van der Waals surface area contributed by atoms with Gasteiger partial charge in [0.2, 0.25) is 11.8 Å². The molecule has 0 saturated heterocycles. The molecule has 1 saturated carbocycles. The number of thioether (sulfide) groups is 1. The maximum absolute atomic E-state index is 13.1. The van der Waals surface area contributed by atoms with Crippen molar-refractivity contribution in [2.45, 2.75) is 62.6 Å². The Labute approximate surface area is 178 Å². The van der Waals surface area contributed by atoms with Crippen LogP contribution in [0.2, 0.25) is 0 Å². The molecular weight excluding hydrogens is 380 g/mol. The molecular formula is C24H30N2O2S. The number of hydrogen-bond donors (Lipinski definition) is 1. The van der Waals surface area contributed by atoms with Crippen molar-refractivity contribution in [2.75, 3.05) is 5.75 Å². The third-order valence-electron chi connectivity index (χ3n) is 5.39. The van der Waals surface area contributed by atoms with Gasteiger partial charge >= 0.3 is 0 Å². The summed E-state index contributed by atoms with van der Waals surface area (Å²) in [4.78, 5) is 28.8. The standard InChI is InChI=1S/C24H30N2O2S/c1-19(24(28)25-21-12-8-9-13-21)26(18-20-10-4-2-5-11-20)23(27)16-17-29-22-14-6-3-7-15-22/h2-7,10-11,14-15,19,21H,8-9,12-13,16-18H2,1H3,(H,25,28)/t19-/m1/s1. The van der Waals surface area contributed by atoms with Crippen LogP contribution in [-0.4, -0.2) is 34.6 Å². The Morgan fingerprint density at radius 2 is 1.66 bits per heavy atom. The molecule has 0 bridgehead atoms. The lowest BCUT2D eigenvalue weighted by atomic mass is 10.1. The third kappa shape index (κ3) is 6.64. The van der Waals surface area contributed by atoms with E-state index in [0.717, 1.165) is 23.3 Å². The van der Waals surface area contributed by atoms with Gasteiger partial charge in [0.25, 0.3) is 0 Å². The zero-order valence-corrected chi connectivity index (χ0v) is 17.9. The zero-order chi connectivity index (χ0) is 20.5. The van der Waals surface area contributed by atoms with Crippen molar-refractivity contribution in [2.24, 2.45) is 0 Å². The van der Waals surface area contributed by atoms with Gasteiger partial charge < -0.3 is 10.2 Å². The number of nitrogens with zero attached hydrogens (tertiary/aromatic N) is 1. The molecule has 1 atom stereocenters. The van der Waals surface area contributed by atoms with E-state index in [1.54, 1.807) is 16.7 Å². The molecule has 0 aliphatic heterocycles. The minimum absolute atomic E-state index is 0.0198. The molecule has 4 nitrogen and oxygen atoms in total. The van der Waals surface area contributed by atoms with Gasteiger partial charge in [0, 0.05) is 29.7 Å². The maximum atomic E-state index is 13.1. The van der Waals surface area contributed by atoms with Crippen LogP contribution in [0.5, 0.6) is 0 Å². The molecule has 2 amide bonds. The average molecular weight is 411 g/mol. The zero-order valence-electron chi connectivity index (χ0n) is 17.0. The Bertz CT molecular complexity index is 776. The summed E-state index contributed by atoms with van der Waals surface area (Å²) < 4.78 is 0. The molecule has 5 heteroatoms. The van der Waals surface area contributed by atoms with Gasteiger partial charge in [0.1, 0.15) is 6.04 Å². The van der Waals surface area contributed by atoms with E-state index in [0.29, 0.717) is 18.7 Å². The molecule has 1 fully saturated rings. The van der Waals surface area contributed by atoms with E-state index in [1.165, 1.54) is 12.8 Å². The SMILES string of the molecule is C[C@H](C(=O)NC1CCCC1)N(Cc1ccccc1)C(=O)CCSc1ccccc1. The quantitative estimate of drug-likeness (QED) is 0.613. The van der Waals surface area contributed by atoms with Crippen LogP contribution in [0.3, 0.4) is 0 Å². The fraction of sp³-hybridized carbons (Fsp3) is 0.417. The molecule has 0 radical (unpaired) electrons. The van der Waals surface area contributed by atoms with E-state index < -0.39 is 6.04 Å². The number of carbonyl (C=O) groups is 2. The number of carbonyl (C=O) groups excluding carboxylic acids is 2. The number of nitrogens with one attached hydrogen (secondary N) is 1. The van der Waals surface area contributed by atoms with Crippen molar-refractivity contribution in [3.05, 3.63) is 66.2 Å². The van der Waals surface area contributed by atoms with E-state index in [4.69, 9.17) is 0 Å². The Kier molecular flexibility index (Phi) is 8.17. The molecule has 0 spiro atoms. The topological polar surface area (TPSA) is 49.4 Å². The van der Waals surface area contributed by atoms with Crippen LogP contribution in [0.15, 0.2) is 65.6 Å². The smallest absolute Gasteiger partial charge is 0.242 e. The van der Waals surface area contributed by atoms with Gasteiger partial charge in [-0.2, -0.15) is 0 Å². The molecule has 0 aromatic heterocycles. The van der Waals surface area contributed by atoms with Crippen LogP contribution in [0.25, 0.3) is 0 Å². The minimum Gasteiger partial charge on any atom is -0.352 e. The number of rotatable bonds is 9. The Hall–Kier alpha value is -2.27. The third-order valence-corrected chi connectivity index (χ3v) is 6.41. The first kappa shape index (κ1) is 21.4. The first-order valence-corrected chi connectivity index (χ1v) is 11.4. The van der Waals surface area contributed by atoms with E-state index in [2.05, 4.69) is 17.4 Å². The van der Waals surface area contributed by atoms with Gasteiger partial charge in [-0.25, -0.2) is 0 Å². The summed E-state index contributed by atoms with van der Waals surface area (Å²) in [5.41, 5.74) is 1.04. The Balaban J connectivity index is 1.62. The lowest BCUT2D eigenvalue weighted by Gasteiger charge is -2.29. The largest absolute Gasteiger partial charge is 0.352 e. The summed E-state index contributed by atoms with van der Waals surface area (Å²) in [6, 6.07) is 19.8. The normalized spacial score (nSPS) is 15.1. The highest BCUT2D eigenvalue weighted by atomic mass is 32.2. The highest BCUT2D eigenvalue weighted by Gasteiger charge is 2.28. The molecule has 2 aromatic carbocycles. The summed E-state index contributed by atoms with van der Waals surface area (Å²) in [7, 11) is 0. The van der Waals surface area contributed by atoms with Crippen LogP contribution in [0, 0.1) is 0 Å². The Morgan fingerprint density at radius 1 is 1.03 bits per heavy atom. The van der Waals surface area contributed by atoms with E-state index in [-0.39, 0.29) is 17.9 Å². The summed E-state index contributed by atoms with van der Waals surface area (Å²) >= 11 is 1.67. The lowest BCUT2D eigenvalue weighted by Crippen LogP contribution is -2.49. The van der Waals surface area contributed by atoms with Crippen molar-refractivity contribution in [1.29, 1.82) is 0 Å². The molecule has 0 unspecified atom stereocenters. The van der Waals surface area contributed by atoms with Gasteiger partial charge in [-0.1, -0.05) is 61.4 Å². The number of amides is 2. The lowest BCUT2D eigenvalue weighted by molar-refractivity contribution is -0.140. The first-order valence-electron chi connectivity index (χ1n) is 10.4. The van der Waals surface area contributed by atoms with Crippen LogP contribution in [0.4, 0.5) is 0 Å². The molecule has 29 heavy (non-hydrogen) atoms. The Morgan fingerprint density at radius 3 is 2.31 bits per heavy atom. The maximum Gasteiger partial charge on any atom is 0.242 e. The highest BCUT2D eigenvalue weighted by molar-refractivity contribution is 7.99. The van der Waals surface area contributed by atoms with Gasteiger partial charge in [-0.05, 0) is 37.5 Å². The first-order chi connectivity index (χ1) is 14.1. The molecule has 154 valence electrons. The summed E-state index contributed by atoms with van der Waals surface area (Å²) in [5.74, 6) is 0.675. The number of hydrogen-bond acceptors (Lipinski definition) is 3. The van der Waals surface area contributed by atoms with Gasteiger partial charge in [-0.15, -0.1) is 11.8 Å². The molecule has 0 heterocycles. The summed E-state index contributed by atoms with van der Waals surface area (Å²) in [6.07, 6.45) is 4.83. The predicted octanol–water partition coefficient (Wildman–Crippen LogP) is 4.64. The van der Waals surface area contributed by atoms with Crippen molar-refractivity contribution < 1.29 is 9.59 Å². The van der Waals surface area contributed by atoms with Crippen molar-refractivity contribution in [1.82, 2.24) is 10.2 Å².